The minimum absolute atomic E-state index is 0.0179. The molecule has 0 spiro atoms. The molecule has 3 aromatic rings. The number of para-hydroxylation sites is 1. The number of aromatic nitrogens is 2. The maximum atomic E-state index is 13.1. The Bertz CT molecular complexity index is 1400. The second-order valence-electron chi connectivity index (χ2n) is 9.63. The van der Waals surface area contributed by atoms with Gasteiger partial charge in [0.25, 0.3) is 0 Å². The second kappa shape index (κ2) is 12.4. The van der Waals surface area contributed by atoms with Crippen LogP contribution in [0.4, 0.5) is 35.4 Å². The van der Waals surface area contributed by atoms with Crippen molar-refractivity contribution in [1.29, 1.82) is 0 Å². The summed E-state index contributed by atoms with van der Waals surface area (Å²) in [5, 5.41) is 7.24. The van der Waals surface area contributed by atoms with Crippen LogP contribution in [0, 0.1) is 0 Å². The summed E-state index contributed by atoms with van der Waals surface area (Å²) in [6.45, 7) is 0. The molecule has 1 aliphatic carbocycles. The molecule has 11 nitrogen and oxygen atoms in total. The van der Waals surface area contributed by atoms with Gasteiger partial charge in [0.05, 0.1) is 25.4 Å². The number of carbonyl (C=O) groups is 2. The zero-order valence-electron chi connectivity index (χ0n) is 23.0. The molecule has 0 radical (unpaired) electrons. The molecule has 2 N–H and O–H groups in total. The van der Waals surface area contributed by atoms with Gasteiger partial charge in [0.15, 0.2) is 11.5 Å². The Morgan fingerprint density at radius 2 is 1.59 bits per heavy atom. The van der Waals surface area contributed by atoms with Gasteiger partial charge in [0.1, 0.15) is 5.82 Å². The number of carbonyl (C=O) groups excluding carboxylic acids is 2. The molecule has 220 valence electrons. The summed E-state index contributed by atoms with van der Waals surface area (Å²) in [5.74, 6) is -0.868. The minimum Gasteiger partial charge on any atom is -0.493 e. The lowest BCUT2D eigenvalue weighted by molar-refractivity contribution is -0.199. The summed E-state index contributed by atoms with van der Waals surface area (Å²) < 4.78 is 49.3. The van der Waals surface area contributed by atoms with Crippen LogP contribution >= 0.6 is 0 Å². The van der Waals surface area contributed by atoms with Crippen LogP contribution in [0.3, 0.4) is 0 Å². The predicted molar refractivity (Wildman–Crippen MR) is 146 cm³/mol. The molecule has 14 heteroatoms. The normalized spacial score (nSPS) is 17.0. The zero-order valence-corrected chi connectivity index (χ0v) is 23.0. The highest BCUT2D eigenvalue weighted by Gasteiger charge is 2.44. The van der Waals surface area contributed by atoms with E-state index in [-0.39, 0.29) is 34.3 Å². The number of urea groups is 1. The van der Waals surface area contributed by atoms with Gasteiger partial charge in [-0.3, -0.25) is 0 Å². The molecule has 2 amide bonds. The Morgan fingerprint density at radius 1 is 0.927 bits per heavy atom. The number of ether oxygens (including phenoxy) is 2. The highest BCUT2D eigenvalue weighted by atomic mass is 19.4. The van der Waals surface area contributed by atoms with Crippen molar-refractivity contribution in [3.63, 3.8) is 0 Å². The SMILES string of the molecule is COc1ccc(N(OC(=O)C(F)(F)F)C(=O)NC2CCC(Nc3nc(N(C)C)c4ccccc4n3)CC2)cc1OC. The van der Waals surface area contributed by atoms with Crippen LogP contribution in [0.15, 0.2) is 42.5 Å². The fourth-order valence-corrected chi connectivity index (χ4v) is 4.56. The van der Waals surface area contributed by atoms with Gasteiger partial charge in [-0.2, -0.15) is 18.2 Å². The number of amides is 2. The van der Waals surface area contributed by atoms with E-state index in [4.69, 9.17) is 9.47 Å². The van der Waals surface area contributed by atoms with E-state index >= 15 is 0 Å². The first-order valence-electron chi connectivity index (χ1n) is 12.8. The number of anilines is 3. The summed E-state index contributed by atoms with van der Waals surface area (Å²) in [5.41, 5.74) is 0.650. The van der Waals surface area contributed by atoms with Gasteiger partial charge in [-0.15, -0.1) is 5.06 Å². The third-order valence-corrected chi connectivity index (χ3v) is 6.59. The molecule has 1 aromatic heterocycles. The molecule has 1 fully saturated rings. The molecule has 4 rings (SSSR count). The van der Waals surface area contributed by atoms with E-state index in [1.165, 1.54) is 32.4 Å². The zero-order chi connectivity index (χ0) is 29.7. The van der Waals surface area contributed by atoms with Gasteiger partial charge in [-0.05, 0) is 49.9 Å². The van der Waals surface area contributed by atoms with E-state index in [0.717, 1.165) is 16.7 Å². The molecule has 0 unspecified atom stereocenters. The number of hydrogen-bond acceptors (Lipinski definition) is 9. The Kier molecular flexibility index (Phi) is 8.89. The predicted octanol–water partition coefficient (Wildman–Crippen LogP) is 4.67. The average Bonchev–Trinajstić information content (AvgIpc) is 2.95. The molecule has 0 aliphatic heterocycles. The van der Waals surface area contributed by atoms with E-state index in [9.17, 15) is 22.8 Å². The van der Waals surface area contributed by atoms with Gasteiger partial charge in [-0.1, -0.05) is 12.1 Å². The lowest BCUT2D eigenvalue weighted by atomic mass is 9.91. The standard InChI is InChI=1S/C27H31F3N6O5/c1-35(2)23-19-7-5-6-8-20(19)33-25(34-23)31-16-9-11-17(12-10-16)32-26(38)36(41-24(37)27(28,29)30)18-13-14-21(39-3)22(15-18)40-4/h5-8,13-17H,9-12H2,1-4H3,(H,32,38)(H,31,33,34). The minimum atomic E-state index is -5.31. The summed E-state index contributed by atoms with van der Waals surface area (Å²) in [6, 6.07) is 10.2. The second-order valence-corrected chi connectivity index (χ2v) is 9.63. The van der Waals surface area contributed by atoms with Crippen LogP contribution in [0.2, 0.25) is 0 Å². The number of rotatable bonds is 7. The number of halogens is 3. The third-order valence-electron chi connectivity index (χ3n) is 6.59. The van der Waals surface area contributed by atoms with Gasteiger partial charge < -0.3 is 29.8 Å². The summed E-state index contributed by atoms with van der Waals surface area (Å²) >= 11 is 0. The highest BCUT2D eigenvalue weighted by molar-refractivity contribution is 5.93. The number of hydroxylamine groups is 1. The molecular weight excluding hydrogens is 545 g/mol. The molecule has 41 heavy (non-hydrogen) atoms. The van der Waals surface area contributed by atoms with Gasteiger partial charge in [-0.25, -0.2) is 14.6 Å². The van der Waals surface area contributed by atoms with Gasteiger partial charge in [0, 0.05) is 37.6 Å². The number of hydrogen-bond donors (Lipinski definition) is 2. The van der Waals surface area contributed by atoms with Crippen molar-refractivity contribution in [2.24, 2.45) is 0 Å². The van der Waals surface area contributed by atoms with Crippen molar-refractivity contribution in [3.8, 4) is 11.5 Å². The Morgan fingerprint density at radius 3 is 2.22 bits per heavy atom. The number of nitrogens with zero attached hydrogens (tertiary/aromatic N) is 4. The Labute approximate surface area is 234 Å². The summed E-state index contributed by atoms with van der Waals surface area (Å²) in [7, 11) is 6.52. The van der Waals surface area contributed by atoms with Crippen molar-refractivity contribution in [2.75, 3.05) is 43.6 Å². The van der Waals surface area contributed by atoms with Crippen LogP contribution in [0.25, 0.3) is 10.9 Å². The molecule has 2 aromatic carbocycles. The van der Waals surface area contributed by atoms with Crippen molar-refractivity contribution < 1.29 is 37.1 Å². The van der Waals surface area contributed by atoms with Crippen molar-refractivity contribution in [3.05, 3.63) is 42.5 Å². The Balaban J connectivity index is 1.43. The third kappa shape index (κ3) is 6.99. The number of alkyl halides is 3. The number of methoxy groups -OCH3 is 2. The highest BCUT2D eigenvalue weighted by Crippen LogP contribution is 2.33. The summed E-state index contributed by atoms with van der Waals surface area (Å²) in [4.78, 5) is 40.4. The molecule has 0 atom stereocenters. The number of nitrogens with one attached hydrogen (secondary N) is 2. The van der Waals surface area contributed by atoms with Crippen molar-refractivity contribution in [2.45, 2.75) is 43.9 Å². The first kappa shape index (κ1) is 29.5. The fraction of sp³-hybridized carbons (Fsp3) is 0.407. The molecule has 1 heterocycles. The number of fused-ring (bicyclic) bond motifs is 1. The van der Waals surface area contributed by atoms with E-state index < -0.39 is 18.2 Å². The van der Waals surface area contributed by atoms with Crippen LogP contribution in [-0.2, 0) is 9.63 Å². The maximum Gasteiger partial charge on any atom is 0.493 e. The molecule has 0 bridgehead atoms. The van der Waals surface area contributed by atoms with Crippen LogP contribution in [0.1, 0.15) is 25.7 Å². The maximum absolute atomic E-state index is 13.1. The van der Waals surface area contributed by atoms with Crippen LogP contribution < -0.4 is 30.1 Å². The summed E-state index contributed by atoms with van der Waals surface area (Å²) in [6.07, 6.45) is -3.00. The van der Waals surface area contributed by atoms with Crippen LogP contribution in [0.5, 0.6) is 11.5 Å². The fourth-order valence-electron chi connectivity index (χ4n) is 4.56. The molecule has 1 aliphatic rings. The first-order chi connectivity index (χ1) is 19.5. The first-order valence-corrected chi connectivity index (χ1v) is 12.8. The lowest BCUT2D eigenvalue weighted by Gasteiger charge is -2.31. The quantitative estimate of drug-likeness (QED) is 0.387. The molecular formula is C27H31F3N6O5. The monoisotopic (exact) mass is 576 g/mol. The van der Waals surface area contributed by atoms with E-state index in [2.05, 4.69) is 25.4 Å². The van der Waals surface area contributed by atoms with E-state index in [1.807, 2.05) is 43.3 Å². The average molecular weight is 577 g/mol. The van der Waals surface area contributed by atoms with Crippen molar-refractivity contribution >= 4 is 40.4 Å². The van der Waals surface area contributed by atoms with Crippen molar-refractivity contribution in [1.82, 2.24) is 15.3 Å². The van der Waals surface area contributed by atoms with Gasteiger partial charge in [0.2, 0.25) is 5.95 Å². The van der Waals surface area contributed by atoms with E-state index in [0.29, 0.717) is 31.6 Å². The number of benzene rings is 2. The van der Waals surface area contributed by atoms with Gasteiger partial charge >= 0.3 is 18.2 Å². The molecule has 1 saturated carbocycles. The lowest BCUT2D eigenvalue weighted by Crippen LogP contribution is -2.49. The van der Waals surface area contributed by atoms with Crippen LogP contribution in [-0.4, -0.2) is 68.5 Å². The smallest absolute Gasteiger partial charge is 0.493 e. The molecule has 0 saturated heterocycles. The largest absolute Gasteiger partial charge is 0.493 e. The Hall–Kier alpha value is -4.49. The topological polar surface area (TPSA) is 118 Å². The van der Waals surface area contributed by atoms with E-state index in [1.54, 1.807) is 0 Å².